The fourth-order valence-corrected chi connectivity index (χ4v) is 1.12. The second-order valence-electron chi connectivity index (χ2n) is 2.98. The van der Waals surface area contributed by atoms with E-state index in [9.17, 15) is 4.79 Å². The van der Waals surface area contributed by atoms with Crippen LogP contribution in [0.4, 0.5) is 0 Å². The second-order valence-corrected chi connectivity index (χ2v) is 2.98. The molecule has 5 nitrogen and oxygen atoms in total. The van der Waals surface area contributed by atoms with Gasteiger partial charge in [-0.3, -0.25) is 4.68 Å². The Balaban J connectivity index is 2.60. The van der Waals surface area contributed by atoms with Gasteiger partial charge in [0.1, 0.15) is 0 Å². The molecule has 1 aromatic rings. The molecule has 0 bridgehead atoms. The first-order valence-corrected chi connectivity index (χ1v) is 4.51. The number of nitrogens with zero attached hydrogens (tertiary/aromatic N) is 2. The molecule has 0 aliphatic carbocycles. The van der Waals surface area contributed by atoms with Crippen molar-refractivity contribution in [3.05, 3.63) is 17.5 Å². The summed E-state index contributed by atoms with van der Waals surface area (Å²) in [6.45, 7) is 2.92. The van der Waals surface area contributed by atoms with Gasteiger partial charge in [0.2, 0.25) is 0 Å². The first-order valence-electron chi connectivity index (χ1n) is 4.51. The minimum absolute atomic E-state index is 0.0656. The van der Waals surface area contributed by atoms with Crippen molar-refractivity contribution in [2.45, 2.75) is 13.5 Å². The predicted molar refractivity (Wildman–Crippen MR) is 55.3 cm³/mol. The summed E-state index contributed by atoms with van der Waals surface area (Å²) in [7, 11) is 1.72. The van der Waals surface area contributed by atoms with E-state index >= 15 is 0 Å². The Labute approximate surface area is 88.1 Å². The first kappa shape index (κ1) is 11.3. The molecule has 0 spiro atoms. The van der Waals surface area contributed by atoms with E-state index in [2.05, 4.69) is 22.3 Å². The van der Waals surface area contributed by atoms with Gasteiger partial charge in [0.15, 0.2) is 5.69 Å². The van der Waals surface area contributed by atoms with Gasteiger partial charge < -0.3 is 10.4 Å². The number of aromatic nitrogens is 2. The third-order valence-corrected chi connectivity index (χ3v) is 1.89. The van der Waals surface area contributed by atoms with Gasteiger partial charge in [0, 0.05) is 13.6 Å². The Hall–Kier alpha value is -1.80. The molecular weight excluding hydrogens is 194 g/mol. The van der Waals surface area contributed by atoms with Crippen molar-refractivity contribution in [2.24, 2.45) is 7.05 Å². The van der Waals surface area contributed by atoms with Crippen LogP contribution in [0.15, 0.2) is 6.07 Å². The molecule has 0 saturated carbocycles. The van der Waals surface area contributed by atoms with Crippen LogP contribution in [0.3, 0.4) is 0 Å². The van der Waals surface area contributed by atoms with Gasteiger partial charge in [0.05, 0.1) is 12.2 Å². The molecule has 5 heteroatoms. The molecule has 2 N–H and O–H groups in total. The Morgan fingerprint density at radius 1 is 1.73 bits per heavy atom. The predicted octanol–water partition coefficient (Wildman–Crippen LogP) is 0.231. The van der Waals surface area contributed by atoms with Gasteiger partial charge >= 0.3 is 5.97 Å². The summed E-state index contributed by atoms with van der Waals surface area (Å²) in [5.74, 6) is 4.61. The number of carboxylic acid groups (broad SMARTS) is 1. The maximum absolute atomic E-state index is 10.6. The van der Waals surface area contributed by atoms with Gasteiger partial charge in [0.25, 0.3) is 0 Å². The molecule has 0 atom stereocenters. The summed E-state index contributed by atoms with van der Waals surface area (Å²) >= 11 is 0. The molecule has 80 valence electrons. The normalized spacial score (nSPS) is 9.47. The number of aryl methyl sites for hydroxylation is 1. The Bertz CT molecular complexity index is 412. The van der Waals surface area contributed by atoms with E-state index < -0.39 is 5.97 Å². The van der Waals surface area contributed by atoms with Crippen LogP contribution in [-0.4, -0.2) is 27.4 Å². The molecular formula is C10H13N3O2. The lowest BCUT2D eigenvalue weighted by atomic mass is 10.3. The fourth-order valence-electron chi connectivity index (χ4n) is 1.12. The average molecular weight is 207 g/mol. The highest BCUT2D eigenvalue weighted by molar-refractivity contribution is 5.85. The van der Waals surface area contributed by atoms with Crippen LogP contribution in [0.5, 0.6) is 0 Å². The molecule has 15 heavy (non-hydrogen) atoms. The molecule has 0 radical (unpaired) electrons. The SMILES string of the molecule is CC#CCNCc1cc(C(=O)O)nn1C. The Morgan fingerprint density at radius 2 is 2.47 bits per heavy atom. The Kier molecular flexibility index (Phi) is 3.89. The van der Waals surface area contributed by atoms with Crippen LogP contribution in [-0.2, 0) is 13.6 Å². The lowest BCUT2D eigenvalue weighted by Gasteiger charge is -2.00. The van der Waals surface area contributed by atoms with Crippen molar-refractivity contribution >= 4 is 5.97 Å². The van der Waals surface area contributed by atoms with Crippen LogP contribution in [0.1, 0.15) is 23.1 Å². The Morgan fingerprint density at radius 3 is 3.00 bits per heavy atom. The zero-order valence-corrected chi connectivity index (χ0v) is 8.74. The highest BCUT2D eigenvalue weighted by Gasteiger charge is 2.10. The van der Waals surface area contributed by atoms with Gasteiger partial charge in [-0.05, 0) is 13.0 Å². The first-order chi connectivity index (χ1) is 7.15. The van der Waals surface area contributed by atoms with Gasteiger partial charge in [-0.1, -0.05) is 5.92 Å². The molecule has 0 aliphatic rings. The van der Waals surface area contributed by atoms with E-state index in [1.54, 1.807) is 24.7 Å². The fraction of sp³-hybridized carbons (Fsp3) is 0.400. The number of carboxylic acids is 1. The molecule has 1 heterocycles. The van der Waals surface area contributed by atoms with Crippen LogP contribution < -0.4 is 5.32 Å². The largest absolute Gasteiger partial charge is 0.476 e. The maximum atomic E-state index is 10.6. The molecule has 0 saturated heterocycles. The molecule has 0 aliphatic heterocycles. The lowest BCUT2D eigenvalue weighted by Crippen LogP contribution is -2.15. The molecule has 1 aromatic heterocycles. The number of rotatable bonds is 4. The summed E-state index contributed by atoms with van der Waals surface area (Å²) in [5.41, 5.74) is 0.890. The van der Waals surface area contributed by atoms with Crippen LogP contribution >= 0.6 is 0 Å². The number of nitrogens with one attached hydrogen (secondary N) is 1. The smallest absolute Gasteiger partial charge is 0.356 e. The van der Waals surface area contributed by atoms with E-state index in [4.69, 9.17) is 5.11 Å². The zero-order chi connectivity index (χ0) is 11.3. The van der Waals surface area contributed by atoms with Crippen molar-refractivity contribution in [2.75, 3.05) is 6.54 Å². The summed E-state index contributed by atoms with van der Waals surface area (Å²) in [6.07, 6.45) is 0. The van der Waals surface area contributed by atoms with E-state index in [0.29, 0.717) is 13.1 Å². The highest BCUT2D eigenvalue weighted by atomic mass is 16.4. The zero-order valence-electron chi connectivity index (χ0n) is 8.74. The number of carbonyl (C=O) groups is 1. The van der Waals surface area contributed by atoms with Crippen molar-refractivity contribution in [3.8, 4) is 11.8 Å². The summed E-state index contributed by atoms with van der Waals surface area (Å²) in [5, 5.41) is 15.6. The van der Waals surface area contributed by atoms with Crippen molar-refractivity contribution in [1.82, 2.24) is 15.1 Å². The molecule has 0 aromatic carbocycles. The molecule has 1 rings (SSSR count). The number of hydrogen-bond donors (Lipinski definition) is 2. The quantitative estimate of drug-likeness (QED) is 0.548. The standard InChI is InChI=1S/C10H13N3O2/c1-3-4-5-11-7-8-6-9(10(14)15)12-13(8)2/h6,11H,5,7H2,1-2H3,(H,14,15). The van der Waals surface area contributed by atoms with Crippen LogP contribution in [0.25, 0.3) is 0 Å². The summed E-state index contributed by atoms with van der Waals surface area (Å²) in [6, 6.07) is 1.55. The highest BCUT2D eigenvalue weighted by Crippen LogP contribution is 2.02. The van der Waals surface area contributed by atoms with Crippen molar-refractivity contribution < 1.29 is 9.90 Å². The van der Waals surface area contributed by atoms with Crippen LogP contribution in [0.2, 0.25) is 0 Å². The third-order valence-electron chi connectivity index (χ3n) is 1.89. The number of aromatic carboxylic acids is 1. The van der Waals surface area contributed by atoms with E-state index in [0.717, 1.165) is 5.69 Å². The van der Waals surface area contributed by atoms with E-state index in [1.807, 2.05) is 0 Å². The topological polar surface area (TPSA) is 67.2 Å². The van der Waals surface area contributed by atoms with Gasteiger partial charge in [-0.15, -0.1) is 5.92 Å². The second kappa shape index (κ2) is 5.17. The lowest BCUT2D eigenvalue weighted by molar-refractivity contribution is 0.0689. The summed E-state index contributed by atoms with van der Waals surface area (Å²) < 4.78 is 1.55. The third kappa shape index (κ3) is 3.11. The van der Waals surface area contributed by atoms with E-state index in [-0.39, 0.29) is 5.69 Å². The van der Waals surface area contributed by atoms with Crippen molar-refractivity contribution in [3.63, 3.8) is 0 Å². The summed E-state index contributed by atoms with van der Waals surface area (Å²) in [4.78, 5) is 10.6. The molecule has 0 amide bonds. The van der Waals surface area contributed by atoms with E-state index in [1.165, 1.54) is 0 Å². The van der Waals surface area contributed by atoms with Gasteiger partial charge in [-0.25, -0.2) is 4.79 Å². The van der Waals surface area contributed by atoms with Crippen LogP contribution in [0, 0.1) is 11.8 Å². The molecule has 0 unspecified atom stereocenters. The maximum Gasteiger partial charge on any atom is 0.356 e. The van der Waals surface area contributed by atoms with Gasteiger partial charge in [-0.2, -0.15) is 5.10 Å². The number of hydrogen-bond acceptors (Lipinski definition) is 3. The minimum atomic E-state index is -1.01. The monoisotopic (exact) mass is 207 g/mol. The van der Waals surface area contributed by atoms with Crippen molar-refractivity contribution in [1.29, 1.82) is 0 Å². The molecule has 0 fully saturated rings. The average Bonchev–Trinajstić information content (AvgIpc) is 2.55. The minimum Gasteiger partial charge on any atom is -0.476 e.